The summed E-state index contributed by atoms with van der Waals surface area (Å²) in [6.45, 7) is 2.16. The monoisotopic (exact) mass is 521 g/mol. The Morgan fingerprint density at radius 1 is 1.14 bits per heavy atom. The van der Waals surface area contributed by atoms with Crippen LogP contribution in [0.3, 0.4) is 0 Å². The maximum Gasteiger partial charge on any atom is 0.294 e. The van der Waals surface area contributed by atoms with Crippen molar-refractivity contribution in [3.63, 3.8) is 0 Å². The van der Waals surface area contributed by atoms with Gasteiger partial charge in [0.05, 0.1) is 6.61 Å². The number of H-pyrrole nitrogens is 1. The first-order valence-corrected chi connectivity index (χ1v) is 12.4. The van der Waals surface area contributed by atoms with Gasteiger partial charge in [-0.15, -0.1) is 10.2 Å². The summed E-state index contributed by atoms with van der Waals surface area (Å²) in [5.74, 6) is 1.02. The van der Waals surface area contributed by atoms with Crippen LogP contribution in [0.15, 0.2) is 60.8 Å². The Bertz CT molecular complexity index is 1390. The summed E-state index contributed by atoms with van der Waals surface area (Å²) in [7, 11) is 0. The van der Waals surface area contributed by atoms with Gasteiger partial charge in [-0.2, -0.15) is 0 Å². The zero-order valence-corrected chi connectivity index (χ0v) is 20.7. The number of amides is 1. The van der Waals surface area contributed by atoms with Crippen LogP contribution in [-0.2, 0) is 11.2 Å². The lowest BCUT2D eigenvalue weighted by Gasteiger charge is -2.22. The van der Waals surface area contributed by atoms with Gasteiger partial charge in [0.2, 0.25) is 5.82 Å². The normalized spacial score (nSPS) is 13.9. The number of aromatic nitrogens is 4. The molecule has 3 heterocycles. The van der Waals surface area contributed by atoms with E-state index in [4.69, 9.17) is 21.1 Å². The summed E-state index contributed by atoms with van der Waals surface area (Å²) >= 11 is 6.48. The number of rotatable bonds is 8. The molecule has 0 aliphatic carbocycles. The molecule has 2 aromatic carbocycles. The summed E-state index contributed by atoms with van der Waals surface area (Å²) in [5, 5.41) is 11.1. The second kappa shape index (κ2) is 11.5. The maximum atomic E-state index is 13.9. The molecule has 1 fully saturated rings. The average molecular weight is 522 g/mol. The quantitative estimate of drug-likeness (QED) is 0.326. The Labute approximate surface area is 218 Å². The number of nitrogens with zero attached hydrogens (tertiary/aromatic N) is 3. The number of hydrogen-bond donors (Lipinski definition) is 2. The van der Waals surface area contributed by atoms with E-state index in [9.17, 15) is 9.18 Å². The van der Waals surface area contributed by atoms with E-state index in [1.54, 1.807) is 42.6 Å². The number of carbonyl (C=O) groups excluding carboxylic acids is 1. The molecule has 2 N–H and O–H groups in total. The third-order valence-corrected chi connectivity index (χ3v) is 6.47. The minimum Gasteiger partial charge on any atom is -0.493 e. The topological polar surface area (TPSA) is 102 Å². The van der Waals surface area contributed by atoms with Crippen molar-refractivity contribution in [1.82, 2.24) is 20.2 Å². The van der Waals surface area contributed by atoms with Crippen LogP contribution < -0.4 is 10.1 Å². The lowest BCUT2D eigenvalue weighted by Crippen LogP contribution is -2.21. The number of hydrogen-bond acceptors (Lipinski definition) is 6. The molecule has 0 spiro atoms. The molecular formula is C27H25ClFN5O3. The third-order valence-electron chi connectivity index (χ3n) is 6.14. The summed E-state index contributed by atoms with van der Waals surface area (Å²) in [5.41, 5.74) is 1.98. The lowest BCUT2D eigenvalue weighted by molar-refractivity contribution is 0.0497. The molecule has 0 saturated carbocycles. The average Bonchev–Trinajstić information content (AvgIpc) is 3.39. The second-order valence-electron chi connectivity index (χ2n) is 8.78. The summed E-state index contributed by atoms with van der Waals surface area (Å²) in [6.07, 6.45) is 3.75. The molecule has 1 aliphatic heterocycles. The van der Waals surface area contributed by atoms with Crippen molar-refractivity contribution in [2.75, 3.05) is 25.1 Å². The molecule has 5 rings (SSSR count). The predicted octanol–water partition coefficient (Wildman–Crippen LogP) is 5.31. The van der Waals surface area contributed by atoms with Crippen molar-refractivity contribution in [3.8, 4) is 16.9 Å². The summed E-state index contributed by atoms with van der Waals surface area (Å²) in [6, 6.07) is 15.4. The van der Waals surface area contributed by atoms with Crippen molar-refractivity contribution in [3.05, 3.63) is 88.8 Å². The van der Waals surface area contributed by atoms with Gasteiger partial charge in [0, 0.05) is 36.4 Å². The fraction of sp³-hybridized carbons (Fsp3) is 0.259. The van der Waals surface area contributed by atoms with Gasteiger partial charge in [0.25, 0.3) is 5.91 Å². The molecule has 1 aliphatic rings. The number of benzene rings is 2. The predicted molar refractivity (Wildman–Crippen MR) is 137 cm³/mol. The van der Waals surface area contributed by atoms with E-state index < -0.39 is 5.91 Å². The largest absolute Gasteiger partial charge is 0.493 e. The van der Waals surface area contributed by atoms with Crippen LogP contribution in [0.2, 0.25) is 5.02 Å². The van der Waals surface area contributed by atoms with Crippen molar-refractivity contribution in [2.45, 2.75) is 19.3 Å². The number of ether oxygens (including phenoxy) is 2. The van der Waals surface area contributed by atoms with E-state index in [0.29, 0.717) is 34.8 Å². The van der Waals surface area contributed by atoms with Gasteiger partial charge >= 0.3 is 0 Å². The number of anilines is 1. The highest BCUT2D eigenvalue weighted by molar-refractivity contribution is 6.33. The number of aromatic amines is 1. The Kier molecular flexibility index (Phi) is 7.72. The second-order valence-corrected chi connectivity index (χ2v) is 9.19. The van der Waals surface area contributed by atoms with E-state index in [2.05, 4.69) is 25.5 Å². The van der Waals surface area contributed by atoms with Crippen molar-refractivity contribution in [2.24, 2.45) is 5.92 Å². The van der Waals surface area contributed by atoms with E-state index >= 15 is 0 Å². The molecule has 37 heavy (non-hydrogen) atoms. The molecule has 2 aromatic heterocycles. The SMILES string of the molecule is O=C(Nc1cc(-c2cc(OCC3CCOCC3)ccc2Cl)ccn1)c1nnc(Cc2ccccc2F)[nH]1. The molecule has 190 valence electrons. The number of carbonyl (C=O) groups is 1. The standard InChI is InChI=1S/C27H25ClFN5O3/c28-22-6-5-20(37-16-17-8-11-36-12-9-17)15-21(22)18-7-10-30-24(13-18)32-27(35)26-31-25(33-34-26)14-19-3-1-2-4-23(19)29/h1-7,10,13,15,17H,8-9,11-12,14,16H2,(H,30,32,35)(H,31,33,34). The molecule has 0 bridgehead atoms. The van der Waals surface area contributed by atoms with Gasteiger partial charge < -0.3 is 19.8 Å². The number of halogens is 2. The van der Waals surface area contributed by atoms with E-state index in [0.717, 1.165) is 42.9 Å². The molecular weight excluding hydrogens is 497 g/mol. The van der Waals surface area contributed by atoms with Crippen LogP contribution in [0.25, 0.3) is 11.1 Å². The van der Waals surface area contributed by atoms with Crippen LogP contribution in [0.4, 0.5) is 10.2 Å². The Morgan fingerprint density at radius 2 is 1.97 bits per heavy atom. The molecule has 8 nitrogen and oxygen atoms in total. The number of pyridine rings is 1. The van der Waals surface area contributed by atoms with Crippen molar-refractivity contribution >= 4 is 23.3 Å². The fourth-order valence-corrected chi connectivity index (χ4v) is 4.31. The van der Waals surface area contributed by atoms with Gasteiger partial charge in [0.15, 0.2) is 0 Å². The Morgan fingerprint density at radius 3 is 2.81 bits per heavy atom. The van der Waals surface area contributed by atoms with E-state index in [-0.39, 0.29) is 18.1 Å². The Balaban J connectivity index is 1.26. The van der Waals surface area contributed by atoms with Gasteiger partial charge in [-0.05, 0) is 66.3 Å². The molecule has 1 amide bonds. The van der Waals surface area contributed by atoms with Gasteiger partial charge in [-0.25, -0.2) is 9.37 Å². The zero-order chi connectivity index (χ0) is 25.6. The van der Waals surface area contributed by atoms with Gasteiger partial charge in [-0.3, -0.25) is 4.79 Å². The van der Waals surface area contributed by atoms with E-state index in [1.807, 2.05) is 12.1 Å². The maximum absolute atomic E-state index is 13.9. The fourth-order valence-electron chi connectivity index (χ4n) is 4.09. The minimum absolute atomic E-state index is 0.0000785. The first-order valence-electron chi connectivity index (χ1n) is 12.0. The first kappa shape index (κ1) is 24.9. The zero-order valence-electron chi connectivity index (χ0n) is 19.9. The van der Waals surface area contributed by atoms with Crippen LogP contribution in [0, 0.1) is 11.7 Å². The highest BCUT2D eigenvalue weighted by Gasteiger charge is 2.17. The molecule has 4 aromatic rings. The van der Waals surface area contributed by atoms with Crippen LogP contribution >= 0.6 is 11.6 Å². The number of nitrogens with one attached hydrogen (secondary N) is 2. The Hall–Kier alpha value is -3.82. The van der Waals surface area contributed by atoms with Crippen molar-refractivity contribution in [1.29, 1.82) is 0 Å². The molecule has 0 atom stereocenters. The third kappa shape index (κ3) is 6.31. The van der Waals surface area contributed by atoms with Crippen molar-refractivity contribution < 1.29 is 18.7 Å². The molecule has 0 unspecified atom stereocenters. The smallest absolute Gasteiger partial charge is 0.294 e. The minimum atomic E-state index is -0.517. The highest BCUT2D eigenvalue weighted by Crippen LogP contribution is 2.33. The van der Waals surface area contributed by atoms with E-state index in [1.165, 1.54) is 6.07 Å². The molecule has 1 saturated heterocycles. The lowest BCUT2D eigenvalue weighted by atomic mass is 10.0. The first-order chi connectivity index (χ1) is 18.0. The highest BCUT2D eigenvalue weighted by atomic mass is 35.5. The summed E-state index contributed by atoms with van der Waals surface area (Å²) in [4.78, 5) is 19.8. The summed E-state index contributed by atoms with van der Waals surface area (Å²) < 4.78 is 25.4. The van der Waals surface area contributed by atoms with Gasteiger partial charge in [0.1, 0.15) is 23.2 Å². The van der Waals surface area contributed by atoms with Crippen LogP contribution in [-0.4, -0.2) is 45.9 Å². The van der Waals surface area contributed by atoms with Crippen LogP contribution in [0.5, 0.6) is 5.75 Å². The molecule has 0 radical (unpaired) electrons. The molecule has 10 heteroatoms. The van der Waals surface area contributed by atoms with Gasteiger partial charge in [-0.1, -0.05) is 29.8 Å². The van der Waals surface area contributed by atoms with Crippen LogP contribution in [0.1, 0.15) is 34.8 Å².